The lowest BCUT2D eigenvalue weighted by molar-refractivity contribution is 0.601. The molecule has 2 aromatic rings. The fourth-order valence-corrected chi connectivity index (χ4v) is 2.93. The van der Waals surface area contributed by atoms with E-state index in [0.717, 1.165) is 0 Å². The van der Waals surface area contributed by atoms with E-state index in [1.54, 1.807) is 12.1 Å². The standard InChI is InChI=1S/C10H9BrN4O2S/c11-7-5-9(10(12)14-6-7)18(16,17)15-8-1-3-13-4-2-8/h1-6H,(H2,12,14)(H,13,15). The van der Waals surface area contributed by atoms with Crippen LogP contribution in [0.25, 0.3) is 0 Å². The van der Waals surface area contributed by atoms with Crippen LogP contribution in [-0.4, -0.2) is 18.4 Å². The Balaban J connectivity index is 2.40. The topological polar surface area (TPSA) is 98.0 Å². The van der Waals surface area contributed by atoms with Crippen molar-refractivity contribution in [3.8, 4) is 0 Å². The largest absolute Gasteiger partial charge is 0.383 e. The van der Waals surface area contributed by atoms with Crippen molar-refractivity contribution >= 4 is 37.5 Å². The molecule has 8 heteroatoms. The SMILES string of the molecule is Nc1ncc(Br)cc1S(=O)(=O)Nc1ccncc1. The van der Waals surface area contributed by atoms with Crippen LogP contribution >= 0.6 is 15.9 Å². The molecule has 0 bridgehead atoms. The van der Waals surface area contributed by atoms with Gasteiger partial charge in [-0.3, -0.25) is 9.71 Å². The van der Waals surface area contributed by atoms with Crippen LogP contribution in [0.15, 0.2) is 46.2 Å². The van der Waals surface area contributed by atoms with Crippen LogP contribution < -0.4 is 10.5 Å². The predicted octanol–water partition coefficient (Wildman–Crippen LogP) is 1.62. The lowest BCUT2D eigenvalue weighted by atomic mass is 10.4. The number of hydrogen-bond acceptors (Lipinski definition) is 5. The normalized spacial score (nSPS) is 11.2. The van der Waals surface area contributed by atoms with E-state index in [0.29, 0.717) is 10.2 Å². The third-order valence-electron chi connectivity index (χ3n) is 2.07. The number of nitrogens with zero attached hydrogens (tertiary/aromatic N) is 2. The second-order valence-electron chi connectivity index (χ2n) is 3.38. The van der Waals surface area contributed by atoms with Gasteiger partial charge in [-0.25, -0.2) is 13.4 Å². The van der Waals surface area contributed by atoms with E-state index in [-0.39, 0.29) is 10.7 Å². The lowest BCUT2D eigenvalue weighted by Crippen LogP contribution is -2.15. The van der Waals surface area contributed by atoms with E-state index >= 15 is 0 Å². The summed E-state index contributed by atoms with van der Waals surface area (Å²) >= 11 is 3.15. The van der Waals surface area contributed by atoms with Gasteiger partial charge in [0.25, 0.3) is 10.0 Å². The van der Waals surface area contributed by atoms with Gasteiger partial charge in [-0.15, -0.1) is 0 Å². The molecule has 18 heavy (non-hydrogen) atoms. The van der Waals surface area contributed by atoms with Gasteiger partial charge in [-0.05, 0) is 34.1 Å². The number of aromatic nitrogens is 2. The van der Waals surface area contributed by atoms with Crippen LogP contribution in [-0.2, 0) is 10.0 Å². The number of nitrogens with two attached hydrogens (primary N) is 1. The highest BCUT2D eigenvalue weighted by molar-refractivity contribution is 9.10. The van der Waals surface area contributed by atoms with Crippen molar-refractivity contribution in [2.45, 2.75) is 4.90 Å². The maximum atomic E-state index is 12.1. The summed E-state index contributed by atoms with van der Waals surface area (Å²) in [5, 5.41) is 0. The second kappa shape index (κ2) is 4.91. The summed E-state index contributed by atoms with van der Waals surface area (Å²) in [5.41, 5.74) is 5.97. The molecule has 0 atom stereocenters. The minimum absolute atomic E-state index is 0.0558. The van der Waals surface area contributed by atoms with Gasteiger partial charge in [-0.1, -0.05) is 0 Å². The molecule has 0 aliphatic carbocycles. The quantitative estimate of drug-likeness (QED) is 0.892. The van der Waals surface area contributed by atoms with Crippen molar-refractivity contribution in [2.75, 3.05) is 10.5 Å². The third kappa shape index (κ3) is 2.77. The smallest absolute Gasteiger partial charge is 0.265 e. The van der Waals surface area contributed by atoms with E-state index < -0.39 is 10.0 Å². The number of halogens is 1. The Morgan fingerprint density at radius 2 is 1.94 bits per heavy atom. The summed E-state index contributed by atoms with van der Waals surface area (Å²) in [6.07, 6.45) is 4.40. The van der Waals surface area contributed by atoms with Crippen LogP contribution in [0.1, 0.15) is 0 Å². The molecule has 0 saturated heterocycles. The minimum Gasteiger partial charge on any atom is -0.383 e. The monoisotopic (exact) mass is 328 g/mol. The van der Waals surface area contributed by atoms with Gasteiger partial charge >= 0.3 is 0 Å². The van der Waals surface area contributed by atoms with Gasteiger partial charge in [0.15, 0.2) is 0 Å². The number of hydrogen-bond donors (Lipinski definition) is 2. The van der Waals surface area contributed by atoms with Gasteiger partial charge < -0.3 is 5.73 Å². The molecule has 0 fully saturated rings. The van der Waals surface area contributed by atoms with Crippen LogP contribution in [0.2, 0.25) is 0 Å². The number of nitrogens with one attached hydrogen (secondary N) is 1. The first-order chi connectivity index (χ1) is 8.49. The Labute approximate surface area is 112 Å². The first kappa shape index (κ1) is 12.8. The van der Waals surface area contributed by atoms with E-state index in [1.165, 1.54) is 24.7 Å². The maximum absolute atomic E-state index is 12.1. The Kier molecular flexibility index (Phi) is 3.48. The zero-order valence-electron chi connectivity index (χ0n) is 9.04. The molecule has 0 aromatic carbocycles. The highest BCUT2D eigenvalue weighted by Crippen LogP contribution is 2.22. The molecule has 3 N–H and O–H groups in total. The van der Waals surface area contributed by atoms with Crippen molar-refractivity contribution in [1.82, 2.24) is 9.97 Å². The van der Waals surface area contributed by atoms with Gasteiger partial charge in [0, 0.05) is 23.1 Å². The molecule has 2 rings (SSSR count). The van der Waals surface area contributed by atoms with Crippen LogP contribution in [0, 0.1) is 0 Å². The van der Waals surface area contributed by atoms with Crippen molar-refractivity contribution in [3.05, 3.63) is 41.3 Å². The number of sulfonamides is 1. The summed E-state index contributed by atoms with van der Waals surface area (Å²) < 4.78 is 27.1. The maximum Gasteiger partial charge on any atom is 0.265 e. The van der Waals surface area contributed by atoms with Crippen molar-refractivity contribution < 1.29 is 8.42 Å². The van der Waals surface area contributed by atoms with Crippen LogP contribution in [0.3, 0.4) is 0 Å². The summed E-state index contributed by atoms with van der Waals surface area (Å²) in [6, 6.07) is 4.48. The third-order valence-corrected chi connectivity index (χ3v) is 3.91. The second-order valence-corrected chi connectivity index (χ2v) is 5.94. The Morgan fingerprint density at radius 3 is 2.61 bits per heavy atom. The average Bonchev–Trinajstić information content (AvgIpc) is 2.33. The molecular formula is C10H9BrN4O2S. The average molecular weight is 329 g/mol. The molecule has 94 valence electrons. The first-order valence-corrected chi connectivity index (χ1v) is 7.10. The van der Waals surface area contributed by atoms with E-state index in [2.05, 4.69) is 30.6 Å². The number of pyridine rings is 2. The van der Waals surface area contributed by atoms with Gasteiger partial charge in [0.2, 0.25) is 0 Å². The summed E-state index contributed by atoms with van der Waals surface area (Å²) in [4.78, 5) is 7.51. The Hall–Kier alpha value is -1.67. The van der Waals surface area contributed by atoms with Crippen LogP contribution in [0.5, 0.6) is 0 Å². The molecule has 0 amide bonds. The van der Waals surface area contributed by atoms with E-state index in [9.17, 15) is 8.42 Å². The summed E-state index contributed by atoms with van der Waals surface area (Å²) in [5.74, 6) is -0.0558. The highest BCUT2D eigenvalue weighted by atomic mass is 79.9. The van der Waals surface area contributed by atoms with Gasteiger partial charge in [-0.2, -0.15) is 0 Å². The van der Waals surface area contributed by atoms with Gasteiger partial charge in [0.05, 0.1) is 5.69 Å². The van der Waals surface area contributed by atoms with E-state index in [1.807, 2.05) is 0 Å². The van der Waals surface area contributed by atoms with Crippen LogP contribution in [0.4, 0.5) is 11.5 Å². The van der Waals surface area contributed by atoms with Gasteiger partial charge in [0.1, 0.15) is 10.7 Å². The molecule has 0 saturated carbocycles. The van der Waals surface area contributed by atoms with Crippen molar-refractivity contribution in [2.24, 2.45) is 0 Å². The Bertz CT molecular complexity index is 661. The molecule has 2 aromatic heterocycles. The van der Waals surface area contributed by atoms with Crippen molar-refractivity contribution in [3.63, 3.8) is 0 Å². The molecular weight excluding hydrogens is 320 g/mol. The number of rotatable bonds is 3. The number of anilines is 2. The van der Waals surface area contributed by atoms with E-state index in [4.69, 9.17) is 5.73 Å². The molecule has 0 aliphatic rings. The first-order valence-electron chi connectivity index (χ1n) is 4.83. The molecule has 2 heterocycles. The predicted molar refractivity (Wildman–Crippen MR) is 71.4 cm³/mol. The summed E-state index contributed by atoms with van der Waals surface area (Å²) in [7, 11) is -3.76. The zero-order chi connectivity index (χ0) is 13.2. The fraction of sp³-hybridized carbons (Fsp3) is 0. The molecule has 0 unspecified atom stereocenters. The van der Waals surface area contributed by atoms with Crippen molar-refractivity contribution in [1.29, 1.82) is 0 Å². The zero-order valence-corrected chi connectivity index (χ0v) is 11.4. The fourth-order valence-electron chi connectivity index (χ4n) is 1.28. The molecule has 0 radical (unpaired) electrons. The molecule has 0 aliphatic heterocycles. The number of nitrogen functional groups attached to an aromatic ring is 1. The molecule has 6 nitrogen and oxygen atoms in total. The Morgan fingerprint density at radius 1 is 1.28 bits per heavy atom. The minimum atomic E-state index is -3.76. The highest BCUT2D eigenvalue weighted by Gasteiger charge is 2.18. The summed E-state index contributed by atoms with van der Waals surface area (Å²) in [6.45, 7) is 0. The lowest BCUT2D eigenvalue weighted by Gasteiger charge is -2.09. The molecule has 0 spiro atoms.